The third kappa shape index (κ3) is 4.23. The molecule has 1 amide bonds. The molecule has 3 nitrogen and oxygen atoms in total. The lowest BCUT2D eigenvalue weighted by Gasteiger charge is -2.06. The molecular weight excluding hydrogens is 289 g/mol. The molecule has 0 aliphatic carbocycles. The third-order valence-electron chi connectivity index (χ3n) is 3.05. The molecule has 2 rings (SSSR count). The highest BCUT2D eigenvalue weighted by Gasteiger charge is 2.11. The lowest BCUT2D eigenvalue weighted by molar-refractivity contribution is -0.116. The van der Waals surface area contributed by atoms with Crippen LogP contribution in [0.15, 0.2) is 30.3 Å². The van der Waals surface area contributed by atoms with Crippen molar-refractivity contribution in [1.29, 1.82) is 0 Å². The zero-order chi connectivity index (χ0) is 15.4. The van der Waals surface area contributed by atoms with Crippen LogP contribution >= 0.6 is 11.3 Å². The summed E-state index contributed by atoms with van der Waals surface area (Å²) >= 11 is 1.42. The number of amides is 1. The maximum atomic E-state index is 13.4. The van der Waals surface area contributed by atoms with Gasteiger partial charge in [-0.1, -0.05) is 6.07 Å². The predicted molar refractivity (Wildman–Crippen MR) is 82.4 cm³/mol. The van der Waals surface area contributed by atoms with Crippen molar-refractivity contribution in [2.24, 2.45) is 0 Å². The van der Waals surface area contributed by atoms with Crippen LogP contribution in [-0.2, 0) is 4.79 Å². The average molecular weight is 305 g/mol. The molecule has 0 saturated heterocycles. The van der Waals surface area contributed by atoms with E-state index in [0.29, 0.717) is 16.1 Å². The lowest BCUT2D eigenvalue weighted by Crippen LogP contribution is -2.13. The van der Waals surface area contributed by atoms with E-state index in [-0.39, 0.29) is 30.3 Å². The minimum Gasteiger partial charge on any atom is -0.326 e. The van der Waals surface area contributed by atoms with Gasteiger partial charge in [-0.3, -0.25) is 9.59 Å². The first-order valence-corrected chi connectivity index (χ1v) is 7.43. The van der Waals surface area contributed by atoms with Gasteiger partial charge < -0.3 is 5.32 Å². The van der Waals surface area contributed by atoms with Crippen molar-refractivity contribution in [1.82, 2.24) is 0 Å². The fourth-order valence-electron chi connectivity index (χ4n) is 1.83. The Labute approximate surface area is 126 Å². The van der Waals surface area contributed by atoms with E-state index in [1.54, 1.807) is 25.1 Å². The second-order valence-corrected chi connectivity index (χ2v) is 6.13. The second-order valence-electron chi connectivity index (χ2n) is 4.85. The monoisotopic (exact) mass is 305 g/mol. The van der Waals surface area contributed by atoms with Gasteiger partial charge >= 0.3 is 0 Å². The van der Waals surface area contributed by atoms with Gasteiger partial charge in [0.15, 0.2) is 5.78 Å². The SMILES string of the molecule is Cc1ccc(C(=O)CCC(=O)Nc2ccc(C)c(F)c2)s1. The second kappa shape index (κ2) is 6.63. The van der Waals surface area contributed by atoms with Crippen LogP contribution in [0.25, 0.3) is 0 Å². The summed E-state index contributed by atoms with van der Waals surface area (Å²) in [6.45, 7) is 3.59. The zero-order valence-electron chi connectivity index (χ0n) is 11.9. The van der Waals surface area contributed by atoms with Gasteiger partial charge in [-0.05, 0) is 43.7 Å². The van der Waals surface area contributed by atoms with Gasteiger partial charge in [0.25, 0.3) is 0 Å². The molecule has 0 atom stereocenters. The normalized spacial score (nSPS) is 10.4. The van der Waals surface area contributed by atoms with Crippen molar-refractivity contribution in [3.8, 4) is 0 Å². The first kappa shape index (κ1) is 15.4. The number of Topliss-reactive ketones (excluding diaryl/α,β-unsaturated/α-hetero) is 1. The molecule has 1 heterocycles. The molecule has 110 valence electrons. The number of nitrogens with one attached hydrogen (secondary N) is 1. The van der Waals surface area contributed by atoms with E-state index >= 15 is 0 Å². The predicted octanol–water partition coefficient (Wildman–Crippen LogP) is 4.11. The van der Waals surface area contributed by atoms with E-state index in [9.17, 15) is 14.0 Å². The van der Waals surface area contributed by atoms with Crippen LogP contribution < -0.4 is 5.32 Å². The molecule has 1 aromatic carbocycles. The molecule has 0 unspecified atom stereocenters. The molecule has 1 aromatic heterocycles. The third-order valence-corrected chi connectivity index (χ3v) is 4.09. The number of hydrogen-bond donors (Lipinski definition) is 1. The Bertz CT molecular complexity index is 679. The number of aryl methyl sites for hydroxylation is 2. The maximum absolute atomic E-state index is 13.4. The number of anilines is 1. The minimum atomic E-state index is -0.363. The summed E-state index contributed by atoms with van der Waals surface area (Å²) in [6.07, 6.45) is 0.241. The standard InChI is InChI=1S/C16H16FNO2S/c1-10-3-5-12(9-13(10)17)18-16(20)8-6-14(19)15-7-4-11(2)21-15/h3-5,7,9H,6,8H2,1-2H3,(H,18,20). The molecule has 0 fully saturated rings. The zero-order valence-corrected chi connectivity index (χ0v) is 12.7. The summed E-state index contributed by atoms with van der Waals surface area (Å²) in [6, 6.07) is 8.17. The summed E-state index contributed by atoms with van der Waals surface area (Å²) in [5, 5.41) is 2.59. The van der Waals surface area contributed by atoms with Crippen molar-refractivity contribution in [2.45, 2.75) is 26.7 Å². The molecule has 0 bridgehead atoms. The van der Waals surface area contributed by atoms with Gasteiger partial charge in [0.1, 0.15) is 5.82 Å². The van der Waals surface area contributed by atoms with Crippen LogP contribution in [0.5, 0.6) is 0 Å². The minimum absolute atomic E-state index is 0.0432. The Morgan fingerprint density at radius 2 is 1.90 bits per heavy atom. The average Bonchev–Trinajstić information content (AvgIpc) is 2.87. The first-order chi connectivity index (χ1) is 9.95. The summed E-state index contributed by atoms with van der Waals surface area (Å²) < 4.78 is 13.4. The van der Waals surface area contributed by atoms with Crippen LogP contribution in [0.4, 0.5) is 10.1 Å². The van der Waals surface area contributed by atoms with Gasteiger partial charge in [-0.15, -0.1) is 11.3 Å². The van der Waals surface area contributed by atoms with E-state index in [4.69, 9.17) is 0 Å². The summed E-state index contributed by atoms with van der Waals surface area (Å²) in [4.78, 5) is 25.4. The van der Waals surface area contributed by atoms with Crippen LogP contribution in [0, 0.1) is 19.7 Å². The number of ketones is 1. The Morgan fingerprint density at radius 1 is 1.14 bits per heavy atom. The number of benzene rings is 1. The fraction of sp³-hybridized carbons (Fsp3) is 0.250. The van der Waals surface area contributed by atoms with Gasteiger partial charge in [0.05, 0.1) is 4.88 Å². The Balaban J connectivity index is 1.87. The lowest BCUT2D eigenvalue weighted by atomic mass is 10.1. The van der Waals surface area contributed by atoms with E-state index in [2.05, 4.69) is 5.32 Å². The number of halogens is 1. The highest BCUT2D eigenvalue weighted by molar-refractivity contribution is 7.14. The maximum Gasteiger partial charge on any atom is 0.224 e. The molecule has 0 spiro atoms. The van der Waals surface area contributed by atoms with Crippen LogP contribution in [0.1, 0.15) is 33.0 Å². The molecule has 0 radical (unpaired) electrons. The quantitative estimate of drug-likeness (QED) is 0.845. The Morgan fingerprint density at radius 3 is 2.52 bits per heavy atom. The van der Waals surface area contributed by atoms with E-state index in [0.717, 1.165) is 4.88 Å². The van der Waals surface area contributed by atoms with Gasteiger partial charge in [0, 0.05) is 23.4 Å². The van der Waals surface area contributed by atoms with E-state index in [1.165, 1.54) is 17.4 Å². The highest BCUT2D eigenvalue weighted by Crippen LogP contribution is 2.18. The van der Waals surface area contributed by atoms with Gasteiger partial charge in [-0.2, -0.15) is 0 Å². The molecule has 0 aliphatic rings. The van der Waals surface area contributed by atoms with E-state index < -0.39 is 0 Å². The van der Waals surface area contributed by atoms with Crippen LogP contribution in [0.3, 0.4) is 0 Å². The molecular formula is C16H16FNO2S. The number of hydrogen-bond acceptors (Lipinski definition) is 3. The van der Waals surface area contributed by atoms with Crippen molar-refractivity contribution in [3.63, 3.8) is 0 Å². The van der Waals surface area contributed by atoms with E-state index in [1.807, 2.05) is 13.0 Å². The van der Waals surface area contributed by atoms with Crippen molar-refractivity contribution >= 4 is 28.7 Å². The largest absolute Gasteiger partial charge is 0.326 e. The molecule has 21 heavy (non-hydrogen) atoms. The summed E-state index contributed by atoms with van der Waals surface area (Å²) in [7, 11) is 0. The summed E-state index contributed by atoms with van der Waals surface area (Å²) in [5.74, 6) is -0.698. The molecule has 1 N–H and O–H groups in total. The summed E-state index contributed by atoms with van der Waals surface area (Å²) in [5.41, 5.74) is 0.929. The first-order valence-electron chi connectivity index (χ1n) is 6.61. The Hall–Kier alpha value is -2.01. The smallest absolute Gasteiger partial charge is 0.224 e. The fourth-order valence-corrected chi connectivity index (χ4v) is 2.66. The van der Waals surface area contributed by atoms with Crippen molar-refractivity contribution < 1.29 is 14.0 Å². The molecule has 2 aromatic rings. The van der Waals surface area contributed by atoms with Crippen LogP contribution in [0.2, 0.25) is 0 Å². The topological polar surface area (TPSA) is 46.2 Å². The van der Waals surface area contributed by atoms with Crippen molar-refractivity contribution in [2.75, 3.05) is 5.32 Å². The van der Waals surface area contributed by atoms with Crippen molar-refractivity contribution in [3.05, 3.63) is 51.5 Å². The molecule has 0 saturated carbocycles. The number of carbonyl (C=O) groups excluding carboxylic acids is 2. The number of carbonyl (C=O) groups is 2. The van der Waals surface area contributed by atoms with Gasteiger partial charge in [0.2, 0.25) is 5.91 Å². The number of thiophene rings is 1. The van der Waals surface area contributed by atoms with Crippen LogP contribution in [-0.4, -0.2) is 11.7 Å². The molecule has 5 heteroatoms. The molecule has 0 aliphatic heterocycles. The highest BCUT2D eigenvalue weighted by atomic mass is 32.1. The van der Waals surface area contributed by atoms with Gasteiger partial charge in [-0.25, -0.2) is 4.39 Å². The Kier molecular flexibility index (Phi) is 4.85. The number of rotatable bonds is 5.